The second-order valence-electron chi connectivity index (χ2n) is 5.31. The molecule has 0 saturated heterocycles. The van der Waals surface area contributed by atoms with Gasteiger partial charge in [0.1, 0.15) is 5.65 Å². The van der Waals surface area contributed by atoms with Crippen molar-refractivity contribution in [1.82, 2.24) is 9.97 Å². The molecule has 3 rings (SSSR count). The summed E-state index contributed by atoms with van der Waals surface area (Å²) in [5, 5.41) is 19.8. The number of aliphatic hydroxyl groups excluding tert-OH is 1. The van der Waals surface area contributed by atoms with Gasteiger partial charge in [-0.1, -0.05) is 12.1 Å². The second-order valence-corrected chi connectivity index (χ2v) is 5.31. The van der Waals surface area contributed by atoms with Crippen molar-refractivity contribution in [3.05, 3.63) is 53.2 Å². The summed E-state index contributed by atoms with van der Waals surface area (Å²) in [6.45, 7) is 1.92. The third kappa shape index (κ3) is 3.51. The average molecular weight is 339 g/mol. The fourth-order valence-corrected chi connectivity index (χ4v) is 2.41. The van der Waals surface area contributed by atoms with Crippen LogP contribution >= 0.6 is 0 Å². The molecule has 0 fully saturated rings. The lowest BCUT2D eigenvalue weighted by molar-refractivity contribution is 0.0526. The number of nitrogens with one attached hydrogen (secondary N) is 1. The number of esters is 1. The van der Waals surface area contributed by atoms with Crippen LogP contribution in [0.5, 0.6) is 5.88 Å². The van der Waals surface area contributed by atoms with Crippen molar-refractivity contribution < 1.29 is 19.7 Å². The summed E-state index contributed by atoms with van der Waals surface area (Å²) in [6, 6.07) is 8.70. The first kappa shape index (κ1) is 16.7. The van der Waals surface area contributed by atoms with Crippen LogP contribution in [0.3, 0.4) is 0 Å². The third-order valence-corrected chi connectivity index (χ3v) is 3.62. The smallest absolute Gasteiger partial charge is 0.339 e. The number of aromatic hydroxyl groups is 1. The first-order valence-electron chi connectivity index (χ1n) is 7.74. The Bertz CT molecular complexity index is 947. The molecular weight excluding hydrogens is 322 g/mol. The topological polar surface area (TPSA) is 108 Å². The van der Waals surface area contributed by atoms with Gasteiger partial charge in [0.25, 0.3) is 0 Å². The van der Waals surface area contributed by atoms with Gasteiger partial charge in [0.2, 0.25) is 0 Å². The fraction of sp³-hybridized carbons (Fsp3) is 0.167. The Hall–Kier alpha value is -3.19. The van der Waals surface area contributed by atoms with Crippen LogP contribution in [-0.2, 0) is 11.3 Å². The molecule has 0 atom stereocenters. The number of fused-ring (bicyclic) bond motifs is 1. The molecule has 25 heavy (non-hydrogen) atoms. The van der Waals surface area contributed by atoms with Crippen LogP contribution in [0, 0.1) is 0 Å². The van der Waals surface area contributed by atoms with Crippen molar-refractivity contribution in [2.24, 2.45) is 4.99 Å². The molecule has 0 unspecified atom stereocenters. The molecule has 0 spiro atoms. The van der Waals surface area contributed by atoms with Crippen LogP contribution in [0.1, 0.15) is 28.4 Å². The second kappa shape index (κ2) is 7.14. The van der Waals surface area contributed by atoms with Crippen molar-refractivity contribution in [3.8, 4) is 5.88 Å². The highest BCUT2D eigenvalue weighted by molar-refractivity contribution is 6.03. The number of ether oxygens (including phenoxy) is 1. The zero-order valence-electron chi connectivity index (χ0n) is 13.6. The molecule has 0 aliphatic heterocycles. The lowest BCUT2D eigenvalue weighted by Crippen LogP contribution is -2.04. The highest BCUT2D eigenvalue weighted by atomic mass is 16.5. The number of pyridine rings is 1. The number of carbonyl (C=O) groups excluding carboxylic acids is 1. The summed E-state index contributed by atoms with van der Waals surface area (Å²) < 4.78 is 4.97. The summed E-state index contributed by atoms with van der Waals surface area (Å²) in [5.41, 5.74) is 2.53. The number of hydrogen-bond donors (Lipinski definition) is 3. The van der Waals surface area contributed by atoms with Crippen LogP contribution < -0.4 is 0 Å². The molecule has 0 amide bonds. The fourth-order valence-electron chi connectivity index (χ4n) is 2.41. The van der Waals surface area contributed by atoms with E-state index < -0.39 is 5.97 Å². The van der Waals surface area contributed by atoms with Gasteiger partial charge in [-0.15, -0.1) is 0 Å². The van der Waals surface area contributed by atoms with E-state index >= 15 is 0 Å². The molecule has 1 aromatic carbocycles. The van der Waals surface area contributed by atoms with Gasteiger partial charge in [0.15, 0.2) is 5.88 Å². The summed E-state index contributed by atoms with van der Waals surface area (Å²) in [6.07, 6.45) is 2.88. The Morgan fingerprint density at radius 1 is 1.40 bits per heavy atom. The number of carbonyl (C=O) groups is 1. The lowest BCUT2D eigenvalue weighted by atomic mass is 10.1. The molecule has 0 radical (unpaired) electrons. The van der Waals surface area contributed by atoms with E-state index in [2.05, 4.69) is 15.0 Å². The summed E-state index contributed by atoms with van der Waals surface area (Å²) >= 11 is 0. The highest BCUT2D eigenvalue weighted by Gasteiger charge is 2.14. The number of aliphatic hydroxyl groups is 1. The number of nitrogens with zero attached hydrogens (tertiary/aromatic N) is 2. The third-order valence-electron chi connectivity index (χ3n) is 3.62. The molecule has 0 aliphatic carbocycles. The molecule has 128 valence electrons. The standard InChI is InChI=1S/C18H17N3O4/c1-2-25-18(24)12-7-14-15(17(23)21-16(14)20-8-12)9-19-13-5-3-4-11(6-13)10-22/h3-9,22-23H,2,10H2,1H3,(H,20,21). The van der Waals surface area contributed by atoms with Crippen molar-refractivity contribution in [2.75, 3.05) is 6.61 Å². The molecule has 3 N–H and O–H groups in total. The Kier molecular flexibility index (Phi) is 4.76. The van der Waals surface area contributed by atoms with Gasteiger partial charge in [-0.05, 0) is 30.7 Å². The van der Waals surface area contributed by atoms with E-state index in [-0.39, 0.29) is 19.1 Å². The van der Waals surface area contributed by atoms with E-state index in [4.69, 9.17) is 4.74 Å². The normalized spacial score (nSPS) is 11.3. The molecule has 7 nitrogen and oxygen atoms in total. The van der Waals surface area contributed by atoms with Gasteiger partial charge >= 0.3 is 5.97 Å². The minimum atomic E-state index is -0.476. The number of benzene rings is 1. The molecule has 3 aromatic rings. The Morgan fingerprint density at radius 2 is 2.24 bits per heavy atom. The molecule has 2 aromatic heterocycles. The SMILES string of the molecule is CCOC(=O)c1cnc2[nH]c(O)c(C=Nc3cccc(CO)c3)c2c1. The Labute approximate surface area is 143 Å². The van der Waals surface area contributed by atoms with E-state index in [0.29, 0.717) is 27.8 Å². The predicted molar refractivity (Wildman–Crippen MR) is 93.3 cm³/mol. The Morgan fingerprint density at radius 3 is 3.00 bits per heavy atom. The first-order chi connectivity index (χ1) is 12.1. The van der Waals surface area contributed by atoms with Crippen LogP contribution in [0.25, 0.3) is 11.0 Å². The predicted octanol–water partition coefficient (Wildman–Crippen LogP) is 2.69. The summed E-state index contributed by atoms with van der Waals surface area (Å²) in [5.74, 6) is -0.568. The molecule has 0 saturated carbocycles. The van der Waals surface area contributed by atoms with Gasteiger partial charge in [0.05, 0.1) is 30.0 Å². The van der Waals surface area contributed by atoms with Crippen LogP contribution in [0.2, 0.25) is 0 Å². The van der Waals surface area contributed by atoms with Crippen LogP contribution in [0.4, 0.5) is 5.69 Å². The van der Waals surface area contributed by atoms with Crippen LogP contribution in [0.15, 0.2) is 41.5 Å². The number of rotatable bonds is 5. The summed E-state index contributed by atoms with van der Waals surface area (Å²) in [7, 11) is 0. The largest absolute Gasteiger partial charge is 0.494 e. The van der Waals surface area contributed by atoms with Crippen molar-refractivity contribution in [2.45, 2.75) is 13.5 Å². The van der Waals surface area contributed by atoms with Crippen molar-refractivity contribution in [1.29, 1.82) is 0 Å². The molecule has 7 heteroatoms. The minimum Gasteiger partial charge on any atom is -0.494 e. The van der Waals surface area contributed by atoms with Gasteiger partial charge in [0, 0.05) is 17.8 Å². The number of aromatic nitrogens is 2. The maximum atomic E-state index is 11.9. The number of aliphatic imine (C=N–C) groups is 1. The van der Waals surface area contributed by atoms with E-state index in [1.807, 2.05) is 0 Å². The maximum absolute atomic E-state index is 11.9. The van der Waals surface area contributed by atoms with Crippen LogP contribution in [-0.4, -0.2) is 39.0 Å². The first-order valence-corrected chi connectivity index (χ1v) is 7.74. The number of H-pyrrole nitrogens is 1. The number of hydrogen-bond acceptors (Lipinski definition) is 6. The van der Waals surface area contributed by atoms with E-state index in [0.717, 1.165) is 5.56 Å². The quantitative estimate of drug-likeness (QED) is 0.489. The molecule has 2 heterocycles. The van der Waals surface area contributed by atoms with E-state index in [9.17, 15) is 15.0 Å². The number of aromatic amines is 1. The van der Waals surface area contributed by atoms with Gasteiger partial charge in [-0.25, -0.2) is 9.78 Å². The zero-order chi connectivity index (χ0) is 17.8. The van der Waals surface area contributed by atoms with Crippen molar-refractivity contribution in [3.63, 3.8) is 0 Å². The minimum absolute atomic E-state index is 0.0749. The van der Waals surface area contributed by atoms with E-state index in [1.54, 1.807) is 37.3 Å². The highest BCUT2D eigenvalue weighted by Crippen LogP contribution is 2.26. The van der Waals surface area contributed by atoms with Gasteiger partial charge in [-0.2, -0.15) is 0 Å². The van der Waals surface area contributed by atoms with Gasteiger partial charge in [-0.3, -0.25) is 4.99 Å². The lowest BCUT2D eigenvalue weighted by Gasteiger charge is -2.01. The van der Waals surface area contributed by atoms with Crippen molar-refractivity contribution >= 4 is 28.9 Å². The molecular formula is C18H17N3O4. The summed E-state index contributed by atoms with van der Waals surface area (Å²) in [4.78, 5) is 23.1. The zero-order valence-corrected chi connectivity index (χ0v) is 13.6. The molecule has 0 aliphatic rings. The maximum Gasteiger partial charge on any atom is 0.339 e. The Balaban J connectivity index is 1.99. The molecule has 0 bridgehead atoms. The van der Waals surface area contributed by atoms with Gasteiger partial charge < -0.3 is 19.9 Å². The average Bonchev–Trinajstić information content (AvgIpc) is 2.94. The van der Waals surface area contributed by atoms with E-state index in [1.165, 1.54) is 12.4 Å². The monoisotopic (exact) mass is 339 g/mol.